The summed E-state index contributed by atoms with van der Waals surface area (Å²) in [4.78, 5) is 2.56. The topological polar surface area (TPSA) is 23.5 Å². The molecule has 0 bridgehead atoms. The lowest BCUT2D eigenvalue weighted by molar-refractivity contribution is -0.0864. The molecule has 0 aromatic rings. The van der Waals surface area contributed by atoms with Gasteiger partial charge in [-0.25, -0.2) is 0 Å². The zero-order valence-electron chi connectivity index (χ0n) is 10.3. The molecule has 1 saturated heterocycles. The quantitative estimate of drug-likeness (QED) is 0.754. The first kappa shape index (κ1) is 11.4. The minimum Gasteiger partial charge on any atom is -0.396 e. The number of aliphatic hydroxyl groups excluding tert-OH is 1. The fraction of sp³-hybridized carbons (Fsp3) is 1.00. The Kier molecular flexibility index (Phi) is 3.09. The Morgan fingerprint density at radius 2 is 1.80 bits per heavy atom. The van der Waals surface area contributed by atoms with E-state index in [1.54, 1.807) is 0 Å². The third-order valence-electron chi connectivity index (χ3n) is 4.93. The maximum atomic E-state index is 9.52. The highest BCUT2D eigenvalue weighted by Gasteiger charge is 2.48. The first-order chi connectivity index (χ1) is 7.17. The second-order valence-electron chi connectivity index (χ2n) is 5.86. The molecule has 1 N–H and O–H groups in total. The van der Waals surface area contributed by atoms with Crippen LogP contribution in [-0.2, 0) is 0 Å². The molecule has 2 nitrogen and oxygen atoms in total. The first-order valence-electron chi connectivity index (χ1n) is 6.51. The van der Waals surface area contributed by atoms with Gasteiger partial charge in [0, 0.05) is 31.7 Å². The molecule has 2 rings (SSSR count). The highest BCUT2D eigenvalue weighted by atomic mass is 16.3. The van der Waals surface area contributed by atoms with Crippen molar-refractivity contribution in [2.24, 2.45) is 10.8 Å². The SMILES string of the molecule is CCC(CC)(CO)CN1CC2(CCC2)C1. The van der Waals surface area contributed by atoms with Crippen LogP contribution in [0.5, 0.6) is 0 Å². The van der Waals surface area contributed by atoms with Crippen molar-refractivity contribution in [3.8, 4) is 0 Å². The monoisotopic (exact) mass is 211 g/mol. The molecule has 0 radical (unpaired) electrons. The van der Waals surface area contributed by atoms with Gasteiger partial charge in [-0.3, -0.25) is 0 Å². The normalized spacial score (nSPS) is 25.0. The van der Waals surface area contributed by atoms with Gasteiger partial charge in [0.05, 0.1) is 0 Å². The lowest BCUT2D eigenvalue weighted by atomic mass is 9.63. The van der Waals surface area contributed by atoms with Crippen molar-refractivity contribution >= 4 is 0 Å². The maximum absolute atomic E-state index is 9.52. The molecule has 0 amide bonds. The zero-order chi connectivity index (χ0) is 10.9. The van der Waals surface area contributed by atoms with Crippen LogP contribution in [0.15, 0.2) is 0 Å². The van der Waals surface area contributed by atoms with E-state index in [-0.39, 0.29) is 5.41 Å². The number of aliphatic hydroxyl groups is 1. The molecule has 0 atom stereocenters. The van der Waals surface area contributed by atoms with Crippen molar-refractivity contribution in [3.63, 3.8) is 0 Å². The third kappa shape index (κ3) is 1.94. The molecule has 1 aliphatic heterocycles. The van der Waals surface area contributed by atoms with Gasteiger partial charge in [0.25, 0.3) is 0 Å². The molecule has 2 aliphatic rings. The minimum absolute atomic E-state index is 0.172. The highest BCUT2D eigenvalue weighted by Crippen LogP contribution is 2.49. The van der Waals surface area contributed by atoms with E-state index in [0.29, 0.717) is 6.61 Å². The van der Waals surface area contributed by atoms with Crippen molar-refractivity contribution < 1.29 is 5.11 Å². The number of hydrogen-bond acceptors (Lipinski definition) is 2. The molecule has 1 saturated carbocycles. The van der Waals surface area contributed by atoms with Crippen LogP contribution in [0.1, 0.15) is 46.0 Å². The van der Waals surface area contributed by atoms with Gasteiger partial charge >= 0.3 is 0 Å². The summed E-state index contributed by atoms with van der Waals surface area (Å²) < 4.78 is 0. The van der Waals surface area contributed by atoms with E-state index >= 15 is 0 Å². The molecule has 2 heteroatoms. The summed E-state index contributed by atoms with van der Waals surface area (Å²) in [5, 5.41) is 9.52. The Labute approximate surface area is 93.7 Å². The Hall–Kier alpha value is -0.0800. The summed E-state index contributed by atoms with van der Waals surface area (Å²) in [6.45, 7) is 8.47. The van der Waals surface area contributed by atoms with Gasteiger partial charge in [-0.2, -0.15) is 0 Å². The number of hydrogen-bond donors (Lipinski definition) is 1. The molecular formula is C13H25NO. The van der Waals surface area contributed by atoms with Crippen LogP contribution in [0.25, 0.3) is 0 Å². The van der Waals surface area contributed by atoms with Crippen LogP contribution in [0.4, 0.5) is 0 Å². The van der Waals surface area contributed by atoms with Crippen molar-refractivity contribution in [1.82, 2.24) is 4.90 Å². The predicted octanol–water partition coefficient (Wildman–Crippen LogP) is 2.27. The Balaban J connectivity index is 1.81. The Morgan fingerprint density at radius 3 is 2.13 bits per heavy atom. The molecule has 15 heavy (non-hydrogen) atoms. The fourth-order valence-corrected chi connectivity index (χ4v) is 3.23. The standard InChI is InChI=1S/C13H25NO/c1-3-12(4-2,11-15)8-14-9-13(10-14)6-5-7-13/h15H,3-11H2,1-2H3. The summed E-state index contributed by atoms with van der Waals surface area (Å²) in [6.07, 6.45) is 6.55. The van der Waals surface area contributed by atoms with E-state index in [1.807, 2.05) is 0 Å². The van der Waals surface area contributed by atoms with Crippen LogP contribution in [-0.4, -0.2) is 36.2 Å². The van der Waals surface area contributed by atoms with Crippen LogP contribution >= 0.6 is 0 Å². The number of nitrogens with zero attached hydrogens (tertiary/aromatic N) is 1. The Bertz CT molecular complexity index is 202. The molecule has 1 heterocycles. The van der Waals surface area contributed by atoms with Crippen molar-refractivity contribution in [2.75, 3.05) is 26.2 Å². The smallest absolute Gasteiger partial charge is 0.0499 e. The maximum Gasteiger partial charge on any atom is 0.0499 e. The molecule has 0 unspecified atom stereocenters. The summed E-state index contributed by atoms with van der Waals surface area (Å²) in [7, 11) is 0. The summed E-state index contributed by atoms with van der Waals surface area (Å²) in [6, 6.07) is 0. The molecule has 2 fully saturated rings. The molecule has 1 spiro atoms. The van der Waals surface area contributed by atoms with E-state index in [4.69, 9.17) is 0 Å². The lowest BCUT2D eigenvalue weighted by Gasteiger charge is -2.58. The fourth-order valence-electron chi connectivity index (χ4n) is 3.23. The van der Waals surface area contributed by atoms with Gasteiger partial charge in [0.2, 0.25) is 0 Å². The first-order valence-corrected chi connectivity index (χ1v) is 6.51. The van der Waals surface area contributed by atoms with Crippen LogP contribution in [0, 0.1) is 10.8 Å². The van der Waals surface area contributed by atoms with Gasteiger partial charge in [0.1, 0.15) is 0 Å². The summed E-state index contributed by atoms with van der Waals surface area (Å²) in [5.74, 6) is 0. The third-order valence-corrected chi connectivity index (χ3v) is 4.93. The van der Waals surface area contributed by atoms with Gasteiger partial charge < -0.3 is 10.0 Å². The van der Waals surface area contributed by atoms with Crippen LogP contribution in [0.2, 0.25) is 0 Å². The average Bonchev–Trinajstić information content (AvgIpc) is 2.15. The van der Waals surface area contributed by atoms with Crippen LogP contribution < -0.4 is 0 Å². The van der Waals surface area contributed by atoms with E-state index in [9.17, 15) is 5.11 Å². The van der Waals surface area contributed by atoms with Crippen molar-refractivity contribution in [1.29, 1.82) is 0 Å². The van der Waals surface area contributed by atoms with E-state index in [0.717, 1.165) is 24.8 Å². The van der Waals surface area contributed by atoms with Gasteiger partial charge in [-0.15, -0.1) is 0 Å². The number of likely N-dealkylation sites (tertiary alicyclic amines) is 1. The van der Waals surface area contributed by atoms with Gasteiger partial charge in [-0.05, 0) is 31.1 Å². The second kappa shape index (κ2) is 4.06. The molecule has 0 aromatic carbocycles. The summed E-state index contributed by atoms with van der Waals surface area (Å²) >= 11 is 0. The van der Waals surface area contributed by atoms with E-state index < -0.39 is 0 Å². The van der Waals surface area contributed by atoms with E-state index in [2.05, 4.69) is 18.7 Å². The highest BCUT2D eigenvalue weighted by molar-refractivity contribution is 5.01. The van der Waals surface area contributed by atoms with Crippen LogP contribution in [0.3, 0.4) is 0 Å². The molecule has 1 aliphatic carbocycles. The van der Waals surface area contributed by atoms with Gasteiger partial charge in [-0.1, -0.05) is 20.3 Å². The molecule has 0 aromatic heterocycles. The lowest BCUT2D eigenvalue weighted by Crippen LogP contribution is -2.61. The zero-order valence-corrected chi connectivity index (χ0v) is 10.3. The molecule has 88 valence electrons. The predicted molar refractivity (Wildman–Crippen MR) is 62.8 cm³/mol. The second-order valence-corrected chi connectivity index (χ2v) is 5.86. The van der Waals surface area contributed by atoms with Crippen molar-refractivity contribution in [3.05, 3.63) is 0 Å². The minimum atomic E-state index is 0.172. The summed E-state index contributed by atoms with van der Waals surface area (Å²) in [5.41, 5.74) is 0.897. The Morgan fingerprint density at radius 1 is 1.20 bits per heavy atom. The number of rotatable bonds is 5. The molecular weight excluding hydrogens is 186 g/mol. The average molecular weight is 211 g/mol. The van der Waals surface area contributed by atoms with Gasteiger partial charge in [0.15, 0.2) is 0 Å². The van der Waals surface area contributed by atoms with E-state index in [1.165, 1.54) is 32.4 Å². The van der Waals surface area contributed by atoms with Crippen molar-refractivity contribution in [2.45, 2.75) is 46.0 Å². The largest absolute Gasteiger partial charge is 0.396 e.